The Labute approximate surface area is 50.2 Å². The van der Waals surface area contributed by atoms with Crippen LogP contribution in [-0.2, 0) is 0 Å². The standard InChI is InChI=1S/C6H13O2/c1-3-4-6(8)5(2)7/h5-8H,1,3-4H2,2H3. The van der Waals surface area contributed by atoms with Crippen LogP contribution in [0.1, 0.15) is 19.8 Å². The van der Waals surface area contributed by atoms with Gasteiger partial charge < -0.3 is 10.2 Å². The molecule has 2 atom stereocenters. The Hall–Kier alpha value is -0.0800. The molecule has 0 bridgehead atoms. The first-order chi connectivity index (χ1) is 3.68. The predicted molar refractivity (Wildman–Crippen MR) is 32.3 cm³/mol. The summed E-state index contributed by atoms with van der Waals surface area (Å²) < 4.78 is 0. The molecule has 0 saturated heterocycles. The Morgan fingerprint density at radius 1 is 1.50 bits per heavy atom. The van der Waals surface area contributed by atoms with E-state index in [0.717, 1.165) is 0 Å². The van der Waals surface area contributed by atoms with Crippen LogP contribution in [0.4, 0.5) is 0 Å². The summed E-state index contributed by atoms with van der Waals surface area (Å²) in [4.78, 5) is 0. The van der Waals surface area contributed by atoms with Crippen molar-refractivity contribution >= 4 is 0 Å². The summed E-state index contributed by atoms with van der Waals surface area (Å²) in [6.45, 7) is 5.11. The lowest BCUT2D eigenvalue weighted by molar-refractivity contribution is 0.0268. The number of rotatable bonds is 3. The molecule has 8 heavy (non-hydrogen) atoms. The van der Waals surface area contributed by atoms with Gasteiger partial charge in [-0.3, -0.25) is 0 Å². The van der Waals surface area contributed by atoms with Gasteiger partial charge in [0, 0.05) is 0 Å². The van der Waals surface area contributed by atoms with Gasteiger partial charge in [-0.25, -0.2) is 0 Å². The lowest BCUT2D eigenvalue weighted by Gasteiger charge is -2.10. The van der Waals surface area contributed by atoms with E-state index < -0.39 is 12.2 Å². The minimum absolute atomic E-state index is 0.581. The second-order valence-corrected chi connectivity index (χ2v) is 1.95. The SMILES string of the molecule is [CH2]CCC(O)C(C)O. The van der Waals surface area contributed by atoms with Crippen molar-refractivity contribution < 1.29 is 10.2 Å². The smallest absolute Gasteiger partial charge is 0.0796 e. The molecule has 2 N–H and O–H groups in total. The van der Waals surface area contributed by atoms with Crippen LogP contribution >= 0.6 is 0 Å². The maximum Gasteiger partial charge on any atom is 0.0796 e. The second-order valence-electron chi connectivity index (χ2n) is 1.95. The van der Waals surface area contributed by atoms with E-state index in [4.69, 9.17) is 10.2 Å². The number of hydrogen-bond donors (Lipinski definition) is 2. The van der Waals surface area contributed by atoms with Gasteiger partial charge in [0.2, 0.25) is 0 Å². The van der Waals surface area contributed by atoms with Crippen LogP contribution in [-0.4, -0.2) is 22.4 Å². The van der Waals surface area contributed by atoms with Crippen LogP contribution in [0.25, 0.3) is 0 Å². The minimum Gasteiger partial charge on any atom is -0.391 e. The van der Waals surface area contributed by atoms with Gasteiger partial charge in [-0.05, 0) is 13.3 Å². The van der Waals surface area contributed by atoms with Crippen molar-refractivity contribution in [2.45, 2.75) is 32.0 Å². The molecule has 2 nitrogen and oxygen atoms in total. The molecule has 2 heteroatoms. The zero-order valence-corrected chi connectivity index (χ0v) is 5.17. The van der Waals surface area contributed by atoms with Crippen LogP contribution in [0.2, 0.25) is 0 Å². The van der Waals surface area contributed by atoms with Gasteiger partial charge in [0.25, 0.3) is 0 Å². The molecule has 0 amide bonds. The van der Waals surface area contributed by atoms with Gasteiger partial charge in [0.15, 0.2) is 0 Å². The quantitative estimate of drug-likeness (QED) is 0.559. The number of hydrogen-bond acceptors (Lipinski definition) is 2. The van der Waals surface area contributed by atoms with Crippen molar-refractivity contribution in [2.75, 3.05) is 0 Å². The van der Waals surface area contributed by atoms with Gasteiger partial charge in [-0.15, -0.1) is 0 Å². The first-order valence-corrected chi connectivity index (χ1v) is 2.84. The predicted octanol–water partition coefficient (Wildman–Crippen LogP) is 0.342. The third kappa shape index (κ3) is 2.99. The van der Waals surface area contributed by atoms with E-state index in [1.807, 2.05) is 0 Å². The Morgan fingerprint density at radius 3 is 2.12 bits per heavy atom. The van der Waals surface area contributed by atoms with Crippen molar-refractivity contribution in [3.63, 3.8) is 0 Å². The van der Waals surface area contributed by atoms with E-state index in [-0.39, 0.29) is 0 Å². The molecule has 0 heterocycles. The van der Waals surface area contributed by atoms with E-state index in [1.165, 1.54) is 0 Å². The van der Waals surface area contributed by atoms with Crippen molar-refractivity contribution in [3.8, 4) is 0 Å². The molecule has 0 aromatic rings. The van der Waals surface area contributed by atoms with E-state index in [1.54, 1.807) is 6.92 Å². The maximum atomic E-state index is 8.84. The van der Waals surface area contributed by atoms with Crippen molar-refractivity contribution in [1.82, 2.24) is 0 Å². The Balaban J connectivity index is 3.17. The Kier molecular flexibility index (Phi) is 3.83. The molecule has 49 valence electrons. The average Bonchev–Trinajstić information content (AvgIpc) is 1.67. The van der Waals surface area contributed by atoms with Crippen LogP contribution < -0.4 is 0 Å². The van der Waals surface area contributed by atoms with Crippen LogP contribution in [0.5, 0.6) is 0 Å². The Morgan fingerprint density at radius 2 is 2.00 bits per heavy atom. The summed E-state index contributed by atoms with van der Waals surface area (Å²) in [5, 5.41) is 17.5. The van der Waals surface area contributed by atoms with Crippen molar-refractivity contribution in [1.29, 1.82) is 0 Å². The van der Waals surface area contributed by atoms with E-state index >= 15 is 0 Å². The maximum absolute atomic E-state index is 8.84. The molecule has 0 aliphatic carbocycles. The highest BCUT2D eigenvalue weighted by atomic mass is 16.3. The van der Waals surface area contributed by atoms with Gasteiger partial charge in [0.05, 0.1) is 12.2 Å². The molecule has 0 aliphatic rings. The monoisotopic (exact) mass is 117 g/mol. The van der Waals surface area contributed by atoms with E-state index in [0.29, 0.717) is 12.8 Å². The molecule has 0 aliphatic heterocycles. The lowest BCUT2D eigenvalue weighted by Crippen LogP contribution is -2.21. The summed E-state index contributed by atoms with van der Waals surface area (Å²) in [6, 6.07) is 0. The summed E-state index contributed by atoms with van der Waals surface area (Å²) in [5.74, 6) is 0. The molecule has 0 aromatic carbocycles. The van der Waals surface area contributed by atoms with Crippen LogP contribution in [0.15, 0.2) is 0 Å². The Bertz CT molecular complexity index is 52.5. The largest absolute Gasteiger partial charge is 0.391 e. The third-order valence-corrected chi connectivity index (χ3v) is 1.06. The summed E-state index contributed by atoms with van der Waals surface area (Å²) in [7, 11) is 0. The topological polar surface area (TPSA) is 40.5 Å². The fourth-order valence-corrected chi connectivity index (χ4v) is 0.450. The first-order valence-electron chi connectivity index (χ1n) is 2.84. The first kappa shape index (κ1) is 7.92. The minimum atomic E-state index is -0.614. The van der Waals surface area contributed by atoms with Crippen molar-refractivity contribution in [2.24, 2.45) is 0 Å². The van der Waals surface area contributed by atoms with Crippen molar-refractivity contribution in [3.05, 3.63) is 6.92 Å². The van der Waals surface area contributed by atoms with E-state index in [2.05, 4.69) is 6.92 Å². The third-order valence-electron chi connectivity index (χ3n) is 1.06. The summed E-state index contributed by atoms with van der Waals surface area (Å²) in [5.41, 5.74) is 0. The molecule has 2 unspecified atom stereocenters. The highest BCUT2D eigenvalue weighted by Gasteiger charge is 2.07. The molecular weight excluding hydrogens is 104 g/mol. The number of aliphatic hydroxyl groups is 2. The van der Waals surface area contributed by atoms with E-state index in [9.17, 15) is 0 Å². The van der Waals surface area contributed by atoms with Crippen LogP contribution in [0, 0.1) is 6.92 Å². The molecule has 0 rings (SSSR count). The molecule has 1 radical (unpaired) electrons. The normalized spacial score (nSPS) is 18.0. The van der Waals surface area contributed by atoms with Crippen LogP contribution in [0.3, 0.4) is 0 Å². The fourth-order valence-electron chi connectivity index (χ4n) is 0.450. The molecule has 0 aromatic heterocycles. The zero-order chi connectivity index (χ0) is 6.57. The highest BCUT2D eigenvalue weighted by Crippen LogP contribution is 1.99. The second kappa shape index (κ2) is 3.87. The molecule has 0 fully saturated rings. The average molecular weight is 117 g/mol. The van der Waals surface area contributed by atoms with Gasteiger partial charge in [0.1, 0.15) is 0 Å². The lowest BCUT2D eigenvalue weighted by atomic mass is 10.1. The molecular formula is C6H13O2. The highest BCUT2D eigenvalue weighted by molar-refractivity contribution is 4.61. The van der Waals surface area contributed by atoms with Gasteiger partial charge in [-0.1, -0.05) is 13.3 Å². The van der Waals surface area contributed by atoms with Gasteiger partial charge in [-0.2, -0.15) is 0 Å². The fraction of sp³-hybridized carbons (Fsp3) is 0.833. The zero-order valence-electron chi connectivity index (χ0n) is 5.17. The molecule has 0 spiro atoms. The molecule has 0 saturated carbocycles. The summed E-state index contributed by atoms with van der Waals surface area (Å²) >= 11 is 0. The summed E-state index contributed by atoms with van der Waals surface area (Å²) in [6.07, 6.45) is 0.0493. The number of aliphatic hydroxyl groups excluding tert-OH is 2. The van der Waals surface area contributed by atoms with Gasteiger partial charge >= 0.3 is 0 Å².